The number of nitrogens with zero attached hydrogens (tertiary/aromatic N) is 2. The first kappa shape index (κ1) is 32.2. The molecule has 2 aromatic rings. The Hall–Kier alpha value is -2.82. The van der Waals surface area contributed by atoms with E-state index in [4.69, 9.17) is 11.5 Å². The van der Waals surface area contributed by atoms with Gasteiger partial charge in [-0.3, -0.25) is 11.5 Å². The SMILES string of the molecule is Nc1nc(C(=O)[O-])[nH][nH+]1.Nc1nc(C(=O)[O-])[nH][nH+]1.O.O.O.O.[Mn]. The maximum atomic E-state index is 9.93. The van der Waals surface area contributed by atoms with E-state index in [1.54, 1.807) is 0 Å². The summed E-state index contributed by atoms with van der Waals surface area (Å²) in [7, 11) is 0. The molecule has 17 heteroatoms. The average molecular weight is 383 g/mol. The molecule has 0 fully saturated rings. The van der Waals surface area contributed by atoms with Gasteiger partial charge >= 0.3 is 11.9 Å². The number of nitrogen functional groups attached to an aromatic ring is 2. The van der Waals surface area contributed by atoms with Gasteiger partial charge in [-0.2, -0.15) is 10.2 Å². The van der Waals surface area contributed by atoms with E-state index >= 15 is 0 Å². The second kappa shape index (κ2) is 14.1. The molecule has 0 atom stereocenters. The molecule has 0 saturated heterocycles. The quantitative estimate of drug-likeness (QED) is 0.359. The first-order valence-corrected chi connectivity index (χ1v) is 4.29. The molecule has 2 rings (SSSR count). The first-order valence-electron chi connectivity index (χ1n) is 4.29. The summed E-state index contributed by atoms with van der Waals surface area (Å²) in [6.07, 6.45) is 0. The summed E-state index contributed by atoms with van der Waals surface area (Å²) in [5.74, 6) is -3.32. The van der Waals surface area contributed by atoms with Crippen LogP contribution in [-0.4, -0.2) is 54.0 Å². The average Bonchev–Trinajstić information content (AvgIpc) is 2.88. The van der Waals surface area contributed by atoms with Gasteiger partial charge in [0.15, 0.2) is 0 Å². The minimum absolute atomic E-state index is 0. The van der Waals surface area contributed by atoms with Crippen molar-refractivity contribution in [1.29, 1.82) is 0 Å². The number of aromatic amines is 4. The van der Waals surface area contributed by atoms with Crippen LogP contribution in [0.2, 0.25) is 0 Å². The number of carbonyl (C=O) groups excluding carboxylic acids is 2. The summed E-state index contributed by atoms with van der Waals surface area (Å²) >= 11 is 0. The van der Waals surface area contributed by atoms with Gasteiger partial charge in [0.1, 0.15) is 11.9 Å². The second-order valence-corrected chi connectivity index (χ2v) is 2.77. The number of carboxylic acid groups (broad SMARTS) is 2. The zero-order chi connectivity index (χ0) is 13.7. The Labute approximate surface area is 137 Å². The fourth-order valence-corrected chi connectivity index (χ4v) is 0.793. The molecule has 0 aliphatic carbocycles. The minimum atomic E-state index is -1.39. The number of aromatic carboxylic acids is 2. The van der Waals surface area contributed by atoms with Crippen LogP contribution < -0.4 is 31.9 Å². The number of H-pyrrole nitrogens is 4. The third-order valence-electron chi connectivity index (χ3n) is 1.47. The van der Waals surface area contributed by atoms with Crippen molar-refractivity contribution in [3.8, 4) is 0 Å². The van der Waals surface area contributed by atoms with Gasteiger partial charge in [0.25, 0.3) is 11.6 Å². The summed E-state index contributed by atoms with van der Waals surface area (Å²) < 4.78 is 0. The number of nitrogens with two attached hydrogens (primary N) is 2. The number of carbonyl (C=O) groups is 2. The number of anilines is 2. The number of carboxylic acids is 2. The molecule has 16 N–H and O–H groups in total. The van der Waals surface area contributed by atoms with Crippen LogP contribution in [0.25, 0.3) is 0 Å². The fraction of sp³-hybridized carbons (Fsp3) is 0. The van der Waals surface area contributed by atoms with E-state index < -0.39 is 11.9 Å². The Morgan fingerprint density at radius 2 is 1.09 bits per heavy atom. The van der Waals surface area contributed by atoms with E-state index in [9.17, 15) is 19.8 Å². The van der Waals surface area contributed by atoms with Crippen LogP contribution >= 0.6 is 0 Å². The molecule has 2 aromatic heterocycles. The number of nitrogens with one attached hydrogen (secondary N) is 4. The molecule has 0 aromatic carbocycles. The first-order chi connectivity index (χ1) is 8.40. The van der Waals surface area contributed by atoms with Gasteiger partial charge in [0, 0.05) is 17.1 Å². The van der Waals surface area contributed by atoms with Gasteiger partial charge in [0.2, 0.25) is 0 Å². The van der Waals surface area contributed by atoms with Crippen LogP contribution in [-0.2, 0) is 17.1 Å². The smallest absolute Gasteiger partial charge is 0.406 e. The van der Waals surface area contributed by atoms with E-state index in [0.717, 1.165) is 0 Å². The largest absolute Gasteiger partial charge is 0.540 e. The predicted octanol–water partition coefficient (Wildman–Crippen LogP) is -8.96. The number of hydrogen-bond acceptors (Lipinski definition) is 8. The van der Waals surface area contributed by atoms with Crippen molar-refractivity contribution >= 4 is 23.8 Å². The van der Waals surface area contributed by atoms with Gasteiger partial charge in [-0.25, -0.2) is 10.2 Å². The summed E-state index contributed by atoms with van der Waals surface area (Å²) in [6, 6.07) is 0. The number of rotatable bonds is 2. The minimum Gasteiger partial charge on any atom is -0.540 e. The van der Waals surface area contributed by atoms with Gasteiger partial charge in [-0.1, -0.05) is 0 Å². The number of aromatic nitrogens is 6. The molecule has 135 valence electrons. The van der Waals surface area contributed by atoms with Crippen LogP contribution in [0.1, 0.15) is 21.2 Å². The fourth-order valence-electron chi connectivity index (χ4n) is 0.793. The van der Waals surface area contributed by atoms with Crippen LogP contribution in [0.4, 0.5) is 11.9 Å². The van der Waals surface area contributed by atoms with Gasteiger partial charge in [-0.05, 0) is 9.97 Å². The second-order valence-electron chi connectivity index (χ2n) is 2.77. The van der Waals surface area contributed by atoms with Crippen LogP contribution in [0.5, 0.6) is 0 Å². The van der Waals surface area contributed by atoms with Crippen molar-refractivity contribution in [2.75, 3.05) is 11.5 Å². The van der Waals surface area contributed by atoms with E-state index in [-0.39, 0.29) is 62.5 Å². The third-order valence-corrected chi connectivity index (χ3v) is 1.47. The van der Waals surface area contributed by atoms with Crippen LogP contribution in [0, 0.1) is 0 Å². The van der Waals surface area contributed by atoms with Gasteiger partial charge in [-0.15, -0.1) is 0 Å². The molecule has 0 saturated carbocycles. The number of hydrogen-bond donors (Lipinski definition) is 4. The third kappa shape index (κ3) is 10.5. The molecule has 0 unspecified atom stereocenters. The Balaban J connectivity index is -0.0000000771. The van der Waals surface area contributed by atoms with Crippen LogP contribution in [0.3, 0.4) is 0 Å². The molecule has 1 radical (unpaired) electrons. The molecule has 0 aliphatic heterocycles. The van der Waals surface area contributed by atoms with Crippen molar-refractivity contribution in [1.82, 2.24) is 20.2 Å². The maximum absolute atomic E-state index is 9.93. The summed E-state index contributed by atoms with van der Waals surface area (Å²) in [6.45, 7) is 0. The molecule has 0 spiro atoms. The molecule has 0 amide bonds. The van der Waals surface area contributed by atoms with Gasteiger partial charge < -0.3 is 41.7 Å². The molecule has 16 nitrogen and oxygen atoms in total. The molecule has 0 aliphatic rings. The monoisotopic (exact) mass is 383 g/mol. The summed E-state index contributed by atoms with van der Waals surface area (Å²) in [5, 5.41) is 28.8. The van der Waals surface area contributed by atoms with E-state index in [0.29, 0.717) is 0 Å². The summed E-state index contributed by atoms with van der Waals surface area (Å²) in [4.78, 5) is 26.5. The van der Waals surface area contributed by atoms with Crippen molar-refractivity contribution in [2.45, 2.75) is 0 Å². The van der Waals surface area contributed by atoms with Crippen LogP contribution in [0.15, 0.2) is 0 Å². The van der Waals surface area contributed by atoms with Crippen molar-refractivity contribution < 1.29 is 69.0 Å². The molecule has 23 heavy (non-hydrogen) atoms. The Morgan fingerprint density at radius 3 is 1.17 bits per heavy atom. The Bertz CT molecular complexity index is 522. The normalized spacial score (nSPS) is 7.30. The topological polar surface area (TPSA) is 344 Å². The Kier molecular flexibility index (Phi) is 19.8. The zero-order valence-corrected chi connectivity index (χ0v) is 12.2. The van der Waals surface area contributed by atoms with E-state index in [2.05, 4.69) is 30.4 Å². The molecular formula is C6H16MnN8O8. The zero-order valence-electron chi connectivity index (χ0n) is 11.1. The Morgan fingerprint density at radius 1 is 0.826 bits per heavy atom. The molecule has 2 heterocycles. The maximum Gasteiger partial charge on any atom is 0.406 e. The van der Waals surface area contributed by atoms with E-state index in [1.165, 1.54) is 0 Å². The summed E-state index contributed by atoms with van der Waals surface area (Å²) in [5.41, 5.74) is 10.1. The van der Waals surface area contributed by atoms with Crippen molar-refractivity contribution in [2.24, 2.45) is 0 Å². The van der Waals surface area contributed by atoms with Crippen molar-refractivity contribution in [3.05, 3.63) is 11.6 Å². The molecular weight excluding hydrogens is 367 g/mol. The molecule has 0 bridgehead atoms. The standard InChI is InChI=1S/2C3H4N4O2.Mn.4H2O/c2*4-3-5-1(2(8)9)6-7-3;;;;;/h2*(H,8,9)(H3,4,5,6,7);;4*1H2. The van der Waals surface area contributed by atoms with Gasteiger partial charge in [0.05, 0.1) is 0 Å². The van der Waals surface area contributed by atoms with Crippen molar-refractivity contribution in [3.63, 3.8) is 0 Å². The predicted molar refractivity (Wildman–Crippen MR) is 62.2 cm³/mol. The van der Waals surface area contributed by atoms with E-state index in [1.807, 2.05) is 0 Å².